The van der Waals surface area contributed by atoms with Crippen molar-refractivity contribution in [3.8, 4) is 11.6 Å². The first kappa shape index (κ1) is 27.4. The number of benzene rings is 2. The Bertz CT molecular complexity index is 1590. The van der Waals surface area contributed by atoms with Crippen LogP contribution in [0.15, 0.2) is 42.5 Å². The average Bonchev–Trinajstić information content (AvgIpc) is 3.15. The van der Waals surface area contributed by atoms with E-state index in [9.17, 15) is 28.2 Å². The molecule has 1 aliphatic heterocycles. The Balaban J connectivity index is 1.51. The van der Waals surface area contributed by atoms with Gasteiger partial charge in [-0.3, -0.25) is 9.69 Å². The molecule has 0 spiro atoms. The highest BCUT2D eigenvalue weighted by Gasteiger charge is 2.44. The number of aromatic nitrogens is 4. The predicted octanol–water partition coefficient (Wildman–Crippen LogP) is 4.62. The lowest BCUT2D eigenvalue weighted by Crippen LogP contribution is -2.42. The fourth-order valence-corrected chi connectivity index (χ4v) is 5.22. The van der Waals surface area contributed by atoms with Crippen LogP contribution in [-0.4, -0.2) is 59.9 Å². The van der Waals surface area contributed by atoms with Crippen LogP contribution in [0, 0.1) is 13.8 Å². The van der Waals surface area contributed by atoms with Gasteiger partial charge in [0.15, 0.2) is 0 Å². The van der Waals surface area contributed by atoms with Crippen molar-refractivity contribution in [3.05, 3.63) is 76.0 Å². The molecular weight excluding hydrogens is 527 g/mol. The molecule has 5 rings (SSSR count). The lowest BCUT2D eigenvalue weighted by molar-refractivity contribution is -0.198. The van der Waals surface area contributed by atoms with Gasteiger partial charge in [-0.15, -0.1) is 5.10 Å². The van der Waals surface area contributed by atoms with Gasteiger partial charge in [0.25, 0.3) is 0 Å². The van der Waals surface area contributed by atoms with Gasteiger partial charge in [0.05, 0.1) is 11.9 Å². The molecule has 0 bridgehead atoms. The Kier molecular flexibility index (Phi) is 7.13. The zero-order valence-corrected chi connectivity index (χ0v) is 22.1. The molecule has 2 N–H and O–H groups in total. The molecule has 4 aromatic rings. The minimum absolute atomic E-state index is 0.0236. The highest BCUT2D eigenvalue weighted by Crippen LogP contribution is 2.36. The van der Waals surface area contributed by atoms with Crippen LogP contribution in [0.4, 0.5) is 13.2 Å². The molecule has 0 radical (unpaired) electrons. The summed E-state index contributed by atoms with van der Waals surface area (Å²) in [5.74, 6) is -1.83. The van der Waals surface area contributed by atoms with Crippen LogP contribution in [0.5, 0.6) is 11.6 Å². The van der Waals surface area contributed by atoms with E-state index in [0.29, 0.717) is 5.52 Å². The van der Waals surface area contributed by atoms with Crippen molar-refractivity contribution in [2.45, 2.75) is 51.6 Å². The van der Waals surface area contributed by atoms with E-state index >= 15 is 0 Å². The second-order valence-electron chi connectivity index (χ2n) is 10.1. The van der Waals surface area contributed by atoms with E-state index in [2.05, 4.69) is 15.3 Å². The number of alkyl halides is 3. The monoisotopic (exact) mass is 555 g/mol. The van der Waals surface area contributed by atoms with Crippen molar-refractivity contribution in [1.29, 1.82) is 0 Å². The van der Waals surface area contributed by atoms with E-state index in [0.717, 1.165) is 33.3 Å². The molecule has 0 fully saturated rings. The Labute approximate surface area is 227 Å². The third-order valence-electron chi connectivity index (χ3n) is 7.35. The summed E-state index contributed by atoms with van der Waals surface area (Å²) in [6.07, 6.45) is -6.87. The molecule has 1 aliphatic rings. The fourth-order valence-electron chi connectivity index (χ4n) is 5.22. The standard InChI is InChI=1S/C28H28F3N5O4/c1-15-4-5-17(20(11-26(38)39)19-6-7-22-27(16(19)2)33-34-35(22)3)10-18(15)12-36-13-21-23(8-9-25(37)32-21)40-24(14-36)28(29,30)31/h4-10,20,24H,11-14H2,1-3H3,(H,32,37)(H,38,39)/t20-,24+/m1/s1. The van der Waals surface area contributed by atoms with Crippen LogP contribution in [-0.2, 0) is 24.9 Å². The highest BCUT2D eigenvalue weighted by molar-refractivity contribution is 5.80. The van der Waals surface area contributed by atoms with Crippen LogP contribution in [0.3, 0.4) is 0 Å². The summed E-state index contributed by atoms with van der Waals surface area (Å²) in [5, 5.41) is 27.9. The van der Waals surface area contributed by atoms with Gasteiger partial charge in [-0.25, -0.2) is 9.67 Å². The quantitative estimate of drug-likeness (QED) is 0.355. The minimum Gasteiger partial charge on any atom is -0.493 e. The SMILES string of the molecule is Cc1ccc([C@@H](CC(=O)O)c2ccc3c(nnn3C)c2C)cc1CN1Cc2nc(O)ccc2O[C@H](C(F)(F)F)C1. The molecule has 0 amide bonds. The Morgan fingerprint density at radius 1 is 1.18 bits per heavy atom. The molecule has 0 unspecified atom stereocenters. The number of carboxylic acid groups (broad SMARTS) is 1. The Hall–Kier alpha value is -4.19. The van der Waals surface area contributed by atoms with Crippen molar-refractivity contribution in [3.63, 3.8) is 0 Å². The van der Waals surface area contributed by atoms with E-state index in [4.69, 9.17) is 4.74 Å². The first-order valence-electron chi connectivity index (χ1n) is 12.7. The minimum atomic E-state index is -4.61. The Morgan fingerprint density at radius 3 is 2.67 bits per heavy atom. The van der Waals surface area contributed by atoms with Crippen LogP contribution in [0.2, 0.25) is 0 Å². The topological polar surface area (TPSA) is 114 Å². The average molecular weight is 556 g/mol. The number of aromatic hydroxyl groups is 1. The third kappa shape index (κ3) is 5.44. The van der Waals surface area contributed by atoms with Gasteiger partial charge >= 0.3 is 12.1 Å². The zero-order chi connectivity index (χ0) is 28.8. The molecule has 210 valence electrons. The van der Waals surface area contributed by atoms with Gasteiger partial charge < -0.3 is 14.9 Å². The smallest absolute Gasteiger partial charge is 0.426 e. The van der Waals surface area contributed by atoms with Gasteiger partial charge in [0, 0.05) is 38.7 Å². The second-order valence-corrected chi connectivity index (χ2v) is 10.1. The van der Waals surface area contributed by atoms with Crippen LogP contribution >= 0.6 is 0 Å². The van der Waals surface area contributed by atoms with Gasteiger partial charge in [0.1, 0.15) is 17.0 Å². The summed E-state index contributed by atoms with van der Waals surface area (Å²) in [7, 11) is 1.78. The van der Waals surface area contributed by atoms with Crippen molar-refractivity contribution >= 4 is 17.0 Å². The molecule has 0 saturated heterocycles. The Morgan fingerprint density at radius 2 is 1.95 bits per heavy atom. The van der Waals surface area contributed by atoms with Crippen molar-refractivity contribution in [2.24, 2.45) is 7.05 Å². The molecule has 12 heteroatoms. The van der Waals surface area contributed by atoms with Crippen LogP contribution in [0.25, 0.3) is 11.0 Å². The molecule has 0 aliphatic carbocycles. The van der Waals surface area contributed by atoms with E-state index in [-0.39, 0.29) is 36.8 Å². The molecule has 9 nitrogen and oxygen atoms in total. The number of hydrogen-bond acceptors (Lipinski definition) is 7. The number of carbonyl (C=O) groups is 1. The van der Waals surface area contributed by atoms with Crippen molar-refractivity contribution < 1.29 is 32.9 Å². The number of halogens is 3. The maximum absolute atomic E-state index is 13.8. The summed E-state index contributed by atoms with van der Waals surface area (Å²) >= 11 is 0. The van der Waals surface area contributed by atoms with Gasteiger partial charge in [-0.05, 0) is 53.8 Å². The molecule has 2 aromatic carbocycles. The van der Waals surface area contributed by atoms with E-state index in [1.807, 2.05) is 44.2 Å². The third-order valence-corrected chi connectivity index (χ3v) is 7.35. The summed E-state index contributed by atoms with van der Waals surface area (Å²) in [5.41, 5.74) is 5.63. The van der Waals surface area contributed by atoms with E-state index in [1.54, 1.807) is 16.6 Å². The first-order chi connectivity index (χ1) is 18.9. The maximum atomic E-state index is 13.8. The number of aryl methyl sites for hydroxylation is 3. The summed E-state index contributed by atoms with van der Waals surface area (Å²) < 4.78 is 48.4. The van der Waals surface area contributed by atoms with Crippen LogP contribution < -0.4 is 4.74 Å². The number of nitrogens with zero attached hydrogens (tertiary/aromatic N) is 5. The van der Waals surface area contributed by atoms with Gasteiger partial charge in [-0.1, -0.05) is 29.5 Å². The molecule has 3 heterocycles. The first-order valence-corrected chi connectivity index (χ1v) is 12.7. The number of rotatable bonds is 6. The van der Waals surface area contributed by atoms with Gasteiger partial charge in [-0.2, -0.15) is 13.2 Å². The molecule has 2 atom stereocenters. The molecular formula is C28H28F3N5O4. The summed E-state index contributed by atoms with van der Waals surface area (Å²) in [6.45, 7) is 3.46. The number of aliphatic carboxylic acids is 1. The number of hydrogen-bond donors (Lipinski definition) is 2. The van der Waals surface area contributed by atoms with Crippen molar-refractivity contribution in [2.75, 3.05) is 6.54 Å². The molecule has 0 saturated carbocycles. The number of carboxylic acids is 1. The number of fused-ring (bicyclic) bond motifs is 2. The van der Waals surface area contributed by atoms with Gasteiger partial charge in [0.2, 0.25) is 12.0 Å². The zero-order valence-electron chi connectivity index (χ0n) is 22.1. The largest absolute Gasteiger partial charge is 0.493 e. The maximum Gasteiger partial charge on any atom is 0.426 e. The summed E-state index contributed by atoms with van der Waals surface area (Å²) in [4.78, 5) is 17.5. The van der Waals surface area contributed by atoms with Crippen molar-refractivity contribution in [1.82, 2.24) is 24.9 Å². The van der Waals surface area contributed by atoms with E-state index < -0.39 is 30.7 Å². The number of ether oxygens (including phenoxy) is 1. The predicted molar refractivity (Wildman–Crippen MR) is 139 cm³/mol. The lowest BCUT2D eigenvalue weighted by Gasteiger charge is -2.26. The summed E-state index contributed by atoms with van der Waals surface area (Å²) in [6, 6.07) is 11.8. The highest BCUT2D eigenvalue weighted by atomic mass is 19.4. The normalized spacial score (nSPS) is 16.8. The van der Waals surface area contributed by atoms with Crippen LogP contribution in [0.1, 0.15) is 45.8 Å². The number of pyridine rings is 1. The second kappa shape index (κ2) is 10.4. The molecule has 40 heavy (non-hydrogen) atoms. The fraction of sp³-hybridized carbons (Fsp3) is 0.357. The van der Waals surface area contributed by atoms with E-state index in [1.165, 1.54) is 12.1 Å². The molecule has 2 aromatic heterocycles. The lowest BCUT2D eigenvalue weighted by atomic mass is 9.84.